The Morgan fingerprint density at radius 1 is 1.03 bits per heavy atom. The van der Waals surface area contributed by atoms with Crippen molar-refractivity contribution in [2.24, 2.45) is 7.05 Å². The molecular formula is C26H22F3N5O. The van der Waals surface area contributed by atoms with E-state index in [0.717, 1.165) is 32.4 Å². The van der Waals surface area contributed by atoms with Crippen LogP contribution in [0.15, 0.2) is 54.6 Å². The predicted molar refractivity (Wildman–Crippen MR) is 126 cm³/mol. The molecule has 6 rings (SSSR count). The zero-order chi connectivity index (χ0) is 24.5. The van der Waals surface area contributed by atoms with Gasteiger partial charge in [0.15, 0.2) is 5.65 Å². The molecule has 4 heterocycles. The number of fused-ring (bicyclic) bond motifs is 4. The molecule has 0 aliphatic carbocycles. The first-order valence-electron chi connectivity index (χ1n) is 11.4. The molecule has 0 saturated carbocycles. The lowest BCUT2D eigenvalue weighted by Crippen LogP contribution is -2.28. The molecule has 0 radical (unpaired) electrons. The van der Waals surface area contributed by atoms with Crippen molar-refractivity contribution in [1.82, 2.24) is 24.1 Å². The number of aryl methyl sites for hydroxylation is 2. The van der Waals surface area contributed by atoms with Gasteiger partial charge in [-0.3, -0.25) is 4.79 Å². The van der Waals surface area contributed by atoms with Crippen molar-refractivity contribution < 1.29 is 18.0 Å². The van der Waals surface area contributed by atoms with Crippen LogP contribution in [0.4, 0.5) is 13.2 Å². The van der Waals surface area contributed by atoms with Crippen LogP contribution in [0.1, 0.15) is 39.8 Å². The van der Waals surface area contributed by atoms with Gasteiger partial charge in [-0.15, -0.1) is 0 Å². The molecule has 0 N–H and O–H groups in total. The molecule has 1 saturated heterocycles. The van der Waals surface area contributed by atoms with Crippen molar-refractivity contribution in [3.63, 3.8) is 0 Å². The van der Waals surface area contributed by atoms with Crippen LogP contribution < -0.4 is 0 Å². The van der Waals surface area contributed by atoms with E-state index in [-0.39, 0.29) is 23.2 Å². The summed E-state index contributed by atoms with van der Waals surface area (Å²) in [5, 5.41) is 6.35. The Balaban J connectivity index is 1.29. The molecule has 6 nitrogen and oxygen atoms in total. The van der Waals surface area contributed by atoms with Crippen molar-refractivity contribution in [2.75, 3.05) is 13.1 Å². The van der Waals surface area contributed by atoms with Crippen molar-refractivity contribution in [2.45, 2.75) is 25.4 Å². The third-order valence-corrected chi connectivity index (χ3v) is 6.92. The van der Waals surface area contributed by atoms with E-state index in [1.54, 1.807) is 11.0 Å². The van der Waals surface area contributed by atoms with Crippen LogP contribution in [0.5, 0.6) is 0 Å². The van der Waals surface area contributed by atoms with E-state index in [0.29, 0.717) is 30.8 Å². The highest BCUT2D eigenvalue weighted by atomic mass is 19.4. The number of hydrogen-bond acceptors (Lipinski definition) is 3. The zero-order valence-electron chi connectivity index (χ0n) is 19.2. The number of rotatable bonds is 2. The number of carbonyl (C=O) groups is 1. The van der Waals surface area contributed by atoms with Gasteiger partial charge in [0, 0.05) is 65.2 Å². The monoisotopic (exact) mass is 477 g/mol. The number of hydrogen-bond donors (Lipinski definition) is 0. The molecule has 2 aromatic carbocycles. The molecule has 1 fully saturated rings. The van der Waals surface area contributed by atoms with Gasteiger partial charge in [-0.25, -0.2) is 9.50 Å². The minimum Gasteiger partial charge on any atom is -0.344 e. The van der Waals surface area contributed by atoms with Crippen molar-refractivity contribution >= 4 is 33.4 Å². The van der Waals surface area contributed by atoms with Gasteiger partial charge in [0.25, 0.3) is 5.91 Å². The molecule has 0 spiro atoms. The summed E-state index contributed by atoms with van der Waals surface area (Å²) in [7, 11) is 2.01. The Hall–Kier alpha value is -3.88. The largest absolute Gasteiger partial charge is 0.433 e. The predicted octanol–water partition coefficient (Wildman–Crippen LogP) is 5.33. The molecule has 1 aliphatic heterocycles. The minimum atomic E-state index is -4.53. The lowest BCUT2D eigenvalue weighted by Gasteiger charge is -2.16. The lowest BCUT2D eigenvalue weighted by molar-refractivity contribution is -0.142. The number of alkyl halides is 3. The molecule has 0 bridgehead atoms. The Kier molecular flexibility index (Phi) is 4.67. The first kappa shape index (κ1) is 21.6. The van der Waals surface area contributed by atoms with Gasteiger partial charge in [-0.05, 0) is 43.7 Å². The van der Waals surface area contributed by atoms with E-state index in [1.807, 2.05) is 43.4 Å². The molecule has 178 valence electrons. The number of nitrogens with zero attached hydrogens (tertiary/aromatic N) is 5. The number of para-hydroxylation sites is 1. The van der Waals surface area contributed by atoms with E-state index in [1.165, 1.54) is 6.92 Å². The fourth-order valence-electron chi connectivity index (χ4n) is 5.19. The highest BCUT2D eigenvalue weighted by molar-refractivity contribution is 6.10. The highest BCUT2D eigenvalue weighted by Gasteiger charge is 2.36. The topological polar surface area (TPSA) is 55.4 Å². The van der Waals surface area contributed by atoms with E-state index in [4.69, 9.17) is 0 Å². The van der Waals surface area contributed by atoms with E-state index < -0.39 is 11.9 Å². The van der Waals surface area contributed by atoms with Crippen LogP contribution in [-0.4, -0.2) is 43.1 Å². The van der Waals surface area contributed by atoms with Crippen LogP contribution in [0.2, 0.25) is 0 Å². The van der Waals surface area contributed by atoms with E-state index in [9.17, 15) is 18.0 Å². The molecule has 1 atom stereocenters. The summed E-state index contributed by atoms with van der Waals surface area (Å²) in [6, 6.07) is 16.4. The van der Waals surface area contributed by atoms with Gasteiger partial charge >= 0.3 is 6.18 Å². The van der Waals surface area contributed by atoms with E-state index in [2.05, 4.69) is 20.7 Å². The van der Waals surface area contributed by atoms with Gasteiger partial charge in [0.2, 0.25) is 0 Å². The minimum absolute atomic E-state index is 0.0870. The number of aromatic nitrogens is 4. The normalized spacial score (nSPS) is 16.7. The van der Waals surface area contributed by atoms with Gasteiger partial charge in [-0.1, -0.05) is 18.2 Å². The average Bonchev–Trinajstić information content (AvgIpc) is 3.54. The first-order valence-corrected chi connectivity index (χ1v) is 11.4. The van der Waals surface area contributed by atoms with Crippen LogP contribution in [-0.2, 0) is 13.2 Å². The highest BCUT2D eigenvalue weighted by Crippen LogP contribution is 2.33. The molecule has 1 amide bonds. The van der Waals surface area contributed by atoms with Crippen molar-refractivity contribution in [1.29, 1.82) is 0 Å². The Morgan fingerprint density at radius 2 is 1.80 bits per heavy atom. The summed E-state index contributed by atoms with van der Waals surface area (Å²) in [6.45, 7) is 2.45. The fraction of sp³-hybridized carbons (Fsp3) is 0.269. The maximum atomic E-state index is 13.5. The second-order valence-electron chi connectivity index (χ2n) is 9.16. The third kappa shape index (κ3) is 3.45. The van der Waals surface area contributed by atoms with E-state index >= 15 is 0 Å². The van der Waals surface area contributed by atoms with Gasteiger partial charge in [0.1, 0.15) is 5.69 Å². The standard InChI is InChI=1S/C26H22F3N5O/c1-15-11-23(26(27,28)29)34-24(30-15)13-20(31-34)17-9-10-33(14-17)25(35)16-7-8-22-19(12-16)18-5-3-4-6-21(18)32(22)2/h3-8,11-13,17H,9-10,14H2,1-2H3. The summed E-state index contributed by atoms with van der Waals surface area (Å²) in [4.78, 5) is 19.3. The second kappa shape index (κ2) is 7.56. The summed E-state index contributed by atoms with van der Waals surface area (Å²) >= 11 is 0. The van der Waals surface area contributed by atoms with Crippen LogP contribution in [0.25, 0.3) is 27.5 Å². The Morgan fingerprint density at radius 3 is 2.60 bits per heavy atom. The summed E-state index contributed by atoms with van der Waals surface area (Å²) in [5.74, 6) is -0.237. The van der Waals surface area contributed by atoms with Crippen molar-refractivity contribution in [3.05, 3.63) is 77.2 Å². The molecule has 3 aromatic heterocycles. The van der Waals surface area contributed by atoms with Crippen LogP contribution in [0.3, 0.4) is 0 Å². The first-order chi connectivity index (χ1) is 16.7. The maximum Gasteiger partial charge on any atom is 0.433 e. The molecule has 5 aromatic rings. The van der Waals surface area contributed by atoms with Crippen molar-refractivity contribution in [3.8, 4) is 0 Å². The quantitative estimate of drug-likeness (QED) is 0.345. The molecule has 1 aliphatic rings. The second-order valence-corrected chi connectivity index (χ2v) is 9.16. The summed E-state index contributed by atoms with van der Waals surface area (Å²) < 4.78 is 43.5. The summed E-state index contributed by atoms with van der Waals surface area (Å²) in [6.07, 6.45) is -3.90. The lowest BCUT2D eigenvalue weighted by atomic mass is 10.1. The smallest absolute Gasteiger partial charge is 0.344 e. The summed E-state index contributed by atoms with van der Waals surface area (Å²) in [5.41, 5.74) is 2.87. The maximum absolute atomic E-state index is 13.5. The van der Waals surface area contributed by atoms with Crippen LogP contribution in [0, 0.1) is 6.92 Å². The number of halogens is 3. The molecule has 35 heavy (non-hydrogen) atoms. The fourth-order valence-corrected chi connectivity index (χ4v) is 5.19. The van der Waals surface area contributed by atoms with Gasteiger partial charge in [-0.2, -0.15) is 18.3 Å². The number of benzene rings is 2. The molecule has 9 heteroatoms. The van der Waals surface area contributed by atoms with Crippen LogP contribution >= 0.6 is 0 Å². The molecule has 1 unspecified atom stereocenters. The Labute approximate surface area is 198 Å². The molecular weight excluding hydrogens is 455 g/mol. The number of carbonyl (C=O) groups excluding carboxylic acids is 1. The van der Waals surface area contributed by atoms with Gasteiger partial charge < -0.3 is 9.47 Å². The third-order valence-electron chi connectivity index (χ3n) is 6.92. The van der Waals surface area contributed by atoms with Gasteiger partial charge in [0.05, 0.1) is 5.69 Å². The average molecular weight is 477 g/mol. The number of likely N-dealkylation sites (tertiary alicyclic amines) is 1. The Bertz CT molecular complexity index is 1630. The zero-order valence-corrected chi connectivity index (χ0v) is 19.2. The SMILES string of the molecule is Cc1cc(C(F)(F)F)n2nc(C3CCN(C(=O)c4ccc5c(c4)c4ccccc4n5C)C3)cc2n1. The number of amides is 1.